The first-order chi connectivity index (χ1) is 12.7. The van der Waals surface area contributed by atoms with E-state index in [0.717, 1.165) is 24.3 Å². The summed E-state index contributed by atoms with van der Waals surface area (Å²) in [6, 6.07) is 23.4. The van der Waals surface area contributed by atoms with Gasteiger partial charge in [0.1, 0.15) is 0 Å². The number of nitrogens with zero attached hydrogens (tertiary/aromatic N) is 1. The van der Waals surface area contributed by atoms with E-state index in [0.29, 0.717) is 11.3 Å². The number of carbonyl (C=O) groups excluding carboxylic acids is 1. The number of hydrogen-bond donors (Lipinski definition) is 2. The molecule has 1 aliphatic rings. The SMILES string of the molecule is O=C(Nc1ccc(CO)cc1)c1ccc(N2Cc3ccccc3C2)cc1. The largest absolute Gasteiger partial charge is 0.392 e. The lowest BCUT2D eigenvalue weighted by molar-refractivity contribution is 0.102. The van der Waals surface area contributed by atoms with E-state index in [4.69, 9.17) is 5.11 Å². The predicted octanol–water partition coefficient (Wildman–Crippen LogP) is 3.95. The highest BCUT2D eigenvalue weighted by molar-refractivity contribution is 6.04. The number of aliphatic hydroxyl groups is 1. The Labute approximate surface area is 152 Å². The van der Waals surface area contributed by atoms with Crippen LogP contribution < -0.4 is 10.2 Å². The Morgan fingerprint density at radius 3 is 2.08 bits per heavy atom. The van der Waals surface area contributed by atoms with Gasteiger partial charge in [0.05, 0.1) is 6.61 Å². The van der Waals surface area contributed by atoms with Crippen molar-refractivity contribution < 1.29 is 9.90 Å². The first kappa shape index (κ1) is 16.4. The highest BCUT2D eigenvalue weighted by atomic mass is 16.3. The third-order valence-electron chi connectivity index (χ3n) is 4.73. The van der Waals surface area contributed by atoms with E-state index in [1.165, 1.54) is 11.1 Å². The molecule has 0 bridgehead atoms. The summed E-state index contributed by atoms with van der Waals surface area (Å²) < 4.78 is 0. The van der Waals surface area contributed by atoms with Crippen molar-refractivity contribution in [1.82, 2.24) is 0 Å². The van der Waals surface area contributed by atoms with Crippen LogP contribution in [0.2, 0.25) is 0 Å². The highest BCUT2D eigenvalue weighted by Crippen LogP contribution is 2.28. The first-order valence-electron chi connectivity index (χ1n) is 8.66. The minimum atomic E-state index is -0.141. The number of aliphatic hydroxyl groups excluding tert-OH is 1. The van der Waals surface area contributed by atoms with Crippen LogP contribution in [0.3, 0.4) is 0 Å². The van der Waals surface area contributed by atoms with E-state index in [1.807, 2.05) is 24.3 Å². The summed E-state index contributed by atoms with van der Waals surface area (Å²) in [5, 5.41) is 11.9. The van der Waals surface area contributed by atoms with Crippen molar-refractivity contribution in [3.05, 3.63) is 95.1 Å². The summed E-state index contributed by atoms with van der Waals surface area (Å²) in [6.45, 7) is 1.80. The predicted molar refractivity (Wildman–Crippen MR) is 103 cm³/mol. The van der Waals surface area contributed by atoms with Crippen LogP contribution in [0.5, 0.6) is 0 Å². The smallest absolute Gasteiger partial charge is 0.255 e. The summed E-state index contributed by atoms with van der Waals surface area (Å²) in [4.78, 5) is 14.7. The Morgan fingerprint density at radius 1 is 0.885 bits per heavy atom. The number of amides is 1. The molecule has 3 aromatic rings. The van der Waals surface area contributed by atoms with Crippen LogP contribution in [0.15, 0.2) is 72.8 Å². The average Bonchev–Trinajstić information content (AvgIpc) is 3.13. The number of fused-ring (bicyclic) bond motifs is 1. The molecule has 3 aromatic carbocycles. The van der Waals surface area contributed by atoms with Gasteiger partial charge in [-0.3, -0.25) is 4.79 Å². The molecule has 4 rings (SSSR count). The maximum Gasteiger partial charge on any atom is 0.255 e. The van der Waals surface area contributed by atoms with E-state index in [1.54, 1.807) is 24.3 Å². The third-order valence-corrected chi connectivity index (χ3v) is 4.73. The van der Waals surface area contributed by atoms with Gasteiger partial charge in [0.2, 0.25) is 0 Å². The van der Waals surface area contributed by atoms with Crippen molar-refractivity contribution in [2.24, 2.45) is 0 Å². The second-order valence-corrected chi connectivity index (χ2v) is 6.48. The highest BCUT2D eigenvalue weighted by Gasteiger charge is 2.18. The molecule has 0 atom stereocenters. The fourth-order valence-corrected chi connectivity index (χ4v) is 3.24. The second kappa shape index (κ2) is 7.02. The summed E-state index contributed by atoms with van der Waals surface area (Å²) in [7, 11) is 0. The monoisotopic (exact) mass is 344 g/mol. The first-order valence-corrected chi connectivity index (χ1v) is 8.66. The molecular weight excluding hydrogens is 324 g/mol. The van der Waals surface area contributed by atoms with Gasteiger partial charge in [0.25, 0.3) is 5.91 Å². The summed E-state index contributed by atoms with van der Waals surface area (Å²) in [5.74, 6) is -0.141. The van der Waals surface area contributed by atoms with Crippen LogP contribution in [0.25, 0.3) is 0 Å². The number of carbonyl (C=O) groups is 1. The molecule has 4 heteroatoms. The van der Waals surface area contributed by atoms with Crippen LogP contribution in [0, 0.1) is 0 Å². The van der Waals surface area contributed by atoms with E-state index in [-0.39, 0.29) is 12.5 Å². The molecule has 26 heavy (non-hydrogen) atoms. The van der Waals surface area contributed by atoms with Gasteiger partial charge in [-0.2, -0.15) is 0 Å². The van der Waals surface area contributed by atoms with E-state index >= 15 is 0 Å². The van der Waals surface area contributed by atoms with Gasteiger partial charge < -0.3 is 15.3 Å². The van der Waals surface area contributed by atoms with Gasteiger partial charge in [0.15, 0.2) is 0 Å². The number of nitrogens with one attached hydrogen (secondary N) is 1. The van der Waals surface area contributed by atoms with Gasteiger partial charge in [-0.1, -0.05) is 36.4 Å². The quantitative estimate of drug-likeness (QED) is 0.753. The molecule has 2 N–H and O–H groups in total. The molecule has 0 saturated carbocycles. The molecular formula is C22H20N2O2. The zero-order valence-corrected chi connectivity index (χ0v) is 14.4. The minimum Gasteiger partial charge on any atom is -0.392 e. The standard InChI is InChI=1S/C22H20N2O2/c25-15-16-5-9-20(10-6-16)23-22(26)17-7-11-21(12-8-17)24-13-18-3-1-2-4-19(18)14-24/h1-12,25H,13-15H2,(H,23,26). The Bertz CT molecular complexity index is 893. The fraction of sp³-hybridized carbons (Fsp3) is 0.136. The number of benzene rings is 3. The van der Waals surface area contributed by atoms with Crippen molar-refractivity contribution in [3.8, 4) is 0 Å². The zero-order chi connectivity index (χ0) is 17.9. The van der Waals surface area contributed by atoms with Gasteiger partial charge in [0, 0.05) is 30.0 Å². The van der Waals surface area contributed by atoms with E-state index in [9.17, 15) is 4.79 Å². The van der Waals surface area contributed by atoms with Crippen molar-refractivity contribution in [1.29, 1.82) is 0 Å². The Kier molecular flexibility index (Phi) is 4.42. The van der Waals surface area contributed by atoms with Gasteiger partial charge in [-0.15, -0.1) is 0 Å². The number of hydrogen-bond acceptors (Lipinski definition) is 3. The van der Waals surface area contributed by atoms with Crippen molar-refractivity contribution in [3.63, 3.8) is 0 Å². The molecule has 1 amide bonds. The van der Waals surface area contributed by atoms with Crippen LogP contribution in [0.1, 0.15) is 27.0 Å². The normalized spacial score (nSPS) is 12.7. The lowest BCUT2D eigenvalue weighted by atomic mass is 10.1. The molecule has 0 saturated heterocycles. The van der Waals surface area contributed by atoms with Crippen molar-refractivity contribution >= 4 is 17.3 Å². The average molecular weight is 344 g/mol. The van der Waals surface area contributed by atoms with Crippen LogP contribution in [-0.2, 0) is 19.7 Å². The Balaban J connectivity index is 1.43. The fourth-order valence-electron chi connectivity index (χ4n) is 3.24. The molecule has 0 aliphatic carbocycles. The maximum absolute atomic E-state index is 12.4. The molecule has 0 radical (unpaired) electrons. The molecule has 0 aromatic heterocycles. The van der Waals surface area contributed by atoms with Crippen LogP contribution in [-0.4, -0.2) is 11.0 Å². The van der Waals surface area contributed by atoms with E-state index in [2.05, 4.69) is 34.5 Å². The minimum absolute atomic E-state index is 0.00391. The molecule has 0 spiro atoms. The summed E-state index contributed by atoms with van der Waals surface area (Å²) >= 11 is 0. The van der Waals surface area contributed by atoms with Crippen molar-refractivity contribution in [2.75, 3.05) is 10.2 Å². The Hall–Kier alpha value is -3.11. The van der Waals surface area contributed by atoms with Gasteiger partial charge >= 0.3 is 0 Å². The molecule has 1 aliphatic heterocycles. The number of rotatable bonds is 4. The van der Waals surface area contributed by atoms with Crippen molar-refractivity contribution in [2.45, 2.75) is 19.7 Å². The lowest BCUT2D eigenvalue weighted by Gasteiger charge is -2.18. The topological polar surface area (TPSA) is 52.6 Å². The van der Waals surface area contributed by atoms with Crippen LogP contribution >= 0.6 is 0 Å². The molecule has 1 heterocycles. The third kappa shape index (κ3) is 3.32. The zero-order valence-electron chi connectivity index (χ0n) is 14.4. The van der Waals surface area contributed by atoms with E-state index < -0.39 is 0 Å². The van der Waals surface area contributed by atoms with Crippen LogP contribution in [0.4, 0.5) is 11.4 Å². The summed E-state index contributed by atoms with van der Waals surface area (Å²) in [5.41, 5.74) is 5.99. The lowest BCUT2D eigenvalue weighted by Crippen LogP contribution is -2.15. The van der Waals surface area contributed by atoms with Gasteiger partial charge in [-0.25, -0.2) is 0 Å². The summed E-state index contributed by atoms with van der Waals surface area (Å²) in [6.07, 6.45) is 0. The molecule has 4 nitrogen and oxygen atoms in total. The Morgan fingerprint density at radius 2 is 1.50 bits per heavy atom. The number of anilines is 2. The van der Waals surface area contributed by atoms with Gasteiger partial charge in [-0.05, 0) is 53.1 Å². The maximum atomic E-state index is 12.4. The second-order valence-electron chi connectivity index (χ2n) is 6.48. The molecule has 0 fully saturated rings. The molecule has 0 unspecified atom stereocenters. The molecule has 130 valence electrons.